The zero-order valence-corrected chi connectivity index (χ0v) is 12.5. The number of Topliss-reactive ketones (excluding diaryl/α,β-unsaturated/α-hetero) is 1. The Balaban J connectivity index is 2.37. The Morgan fingerprint density at radius 2 is 2.29 bits per heavy atom. The van der Waals surface area contributed by atoms with Crippen molar-refractivity contribution >= 4 is 33.5 Å². The van der Waals surface area contributed by atoms with Crippen LogP contribution < -0.4 is 0 Å². The summed E-state index contributed by atoms with van der Waals surface area (Å²) in [6, 6.07) is 8.00. The van der Waals surface area contributed by atoms with E-state index < -0.39 is 0 Å². The number of halogens is 1. The van der Waals surface area contributed by atoms with E-state index in [0.29, 0.717) is 12.4 Å². The van der Waals surface area contributed by atoms with E-state index in [2.05, 4.69) is 15.9 Å². The van der Waals surface area contributed by atoms with E-state index in [4.69, 9.17) is 4.74 Å². The predicted octanol–water partition coefficient (Wildman–Crippen LogP) is 3.78. The van der Waals surface area contributed by atoms with Gasteiger partial charge in [0.2, 0.25) is 0 Å². The molecule has 0 amide bonds. The molecule has 0 aliphatic carbocycles. The third-order valence-corrected chi connectivity index (χ3v) is 3.99. The van der Waals surface area contributed by atoms with Crippen molar-refractivity contribution in [2.45, 2.75) is 18.2 Å². The summed E-state index contributed by atoms with van der Waals surface area (Å²) in [4.78, 5) is 12.9. The largest absolute Gasteiger partial charge is 0.385 e. The first-order valence-corrected chi connectivity index (χ1v) is 7.31. The number of benzene rings is 1. The third kappa shape index (κ3) is 5.70. The van der Waals surface area contributed by atoms with Gasteiger partial charge in [0.1, 0.15) is 5.78 Å². The minimum absolute atomic E-state index is 0.0783. The van der Waals surface area contributed by atoms with Crippen LogP contribution in [0.2, 0.25) is 0 Å². The molecule has 1 atom stereocenters. The van der Waals surface area contributed by atoms with Crippen LogP contribution in [0.25, 0.3) is 0 Å². The smallest absolute Gasteiger partial charge is 0.145 e. The number of ketones is 1. The minimum atomic E-state index is 0.0783. The molecule has 0 fully saturated rings. The first kappa shape index (κ1) is 14.7. The Morgan fingerprint density at radius 3 is 2.94 bits per heavy atom. The topological polar surface area (TPSA) is 26.3 Å². The molecule has 1 aromatic carbocycles. The van der Waals surface area contributed by atoms with E-state index in [0.717, 1.165) is 15.8 Å². The normalized spacial score (nSPS) is 12.4. The summed E-state index contributed by atoms with van der Waals surface area (Å²) in [5.41, 5.74) is 0. The Morgan fingerprint density at radius 1 is 1.53 bits per heavy atom. The van der Waals surface area contributed by atoms with Crippen molar-refractivity contribution in [3.05, 3.63) is 28.7 Å². The highest BCUT2D eigenvalue weighted by Gasteiger charge is 2.12. The highest BCUT2D eigenvalue weighted by atomic mass is 79.9. The fourth-order valence-corrected chi connectivity index (χ4v) is 2.84. The summed E-state index contributed by atoms with van der Waals surface area (Å²) in [6.07, 6.45) is 0.800. The number of hydrogen-bond acceptors (Lipinski definition) is 3. The van der Waals surface area contributed by atoms with E-state index in [1.54, 1.807) is 18.9 Å². The molecule has 1 aromatic rings. The maximum atomic E-state index is 11.8. The highest BCUT2D eigenvalue weighted by molar-refractivity contribution is 9.10. The standard InChI is InChI=1S/C13H17BrO2S/c1-10(6-7-16-2)13(15)9-17-12-5-3-4-11(14)8-12/h3-5,8,10H,6-7,9H2,1-2H3. The average molecular weight is 317 g/mol. The highest BCUT2D eigenvalue weighted by Crippen LogP contribution is 2.23. The van der Waals surface area contributed by atoms with Gasteiger partial charge in [-0.3, -0.25) is 4.79 Å². The van der Waals surface area contributed by atoms with E-state index in [1.165, 1.54) is 0 Å². The quantitative estimate of drug-likeness (QED) is 0.716. The van der Waals surface area contributed by atoms with Gasteiger partial charge < -0.3 is 4.74 Å². The van der Waals surface area contributed by atoms with Gasteiger partial charge in [0.05, 0.1) is 5.75 Å². The molecule has 0 aliphatic rings. The van der Waals surface area contributed by atoms with Crippen LogP contribution in [-0.4, -0.2) is 25.3 Å². The van der Waals surface area contributed by atoms with Crippen LogP contribution in [0.15, 0.2) is 33.6 Å². The molecule has 94 valence electrons. The van der Waals surface area contributed by atoms with Crippen molar-refractivity contribution in [3.8, 4) is 0 Å². The third-order valence-electron chi connectivity index (χ3n) is 2.48. The molecule has 17 heavy (non-hydrogen) atoms. The van der Waals surface area contributed by atoms with Gasteiger partial charge in [-0.1, -0.05) is 28.9 Å². The number of carbonyl (C=O) groups excluding carboxylic acids is 1. The van der Waals surface area contributed by atoms with Crippen LogP contribution >= 0.6 is 27.7 Å². The van der Waals surface area contributed by atoms with Crippen LogP contribution in [-0.2, 0) is 9.53 Å². The Labute approximate surface area is 115 Å². The number of rotatable bonds is 7. The number of methoxy groups -OCH3 is 1. The van der Waals surface area contributed by atoms with Crippen LogP contribution in [0, 0.1) is 5.92 Å². The molecule has 0 N–H and O–H groups in total. The average Bonchev–Trinajstić information content (AvgIpc) is 2.33. The molecule has 1 rings (SSSR count). The lowest BCUT2D eigenvalue weighted by Crippen LogP contribution is -2.15. The molecule has 0 spiro atoms. The van der Waals surface area contributed by atoms with Crippen molar-refractivity contribution in [1.29, 1.82) is 0 Å². The van der Waals surface area contributed by atoms with Gasteiger partial charge >= 0.3 is 0 Å². The first-order valence-electron chi connectivity index (χ1n) is 5.53. The Bertz CT molecular complexity index is 368. The summed E-state index contributed by atoms with van der Waals surface area (Å²) in [6.45, 7) is 2.61. The lowest BCUT2D eigenvalue weighted by atomic mass is 10.1. The minimum Gasteiger partial charge on any atom is -0.385 e. The molecule has 0 saturated heterocycles. The number of hydrogen-bond donors (Lipinski definition) is 0. The van der Waals surface area contributed by atoms with Gasteiger partial charge in [-0.15, -0.1) is 11.8 Å². The number of ether oxygens (including phenoxy) is 1. The van der Waals surface area contributed by atoms with Crippen LogP contribution in [0.1, 0.15) is 13.3 Å². The zero-order valence-electron chi connectivity index (χ0n) is 10.1. The van der Waals surface area contributed by atoms with E-state index >= 15 is 0 Å². The molecule has 2 nitrogen and oxygen atoms in total. The fourth-order valence-electron chi connectivity index (χ4n) is 1.31. The second-order valence-electron chi connectivity index (χ2n) is 3.89. The molecule has 0 bridgehead atoms. The maximum Gasteiger partial charge on any atom is 0.145 e. The zero-order chi connectivity index (χ0) is 12.7. The van der Waals surface area contributed by atoms with Crippen LogP contribution in [0.3, 0.4) is 0 Å². The van der Waals surface area contributed by atoms with Crippen LogP contribution in [0.5, 0.6) is 0 Å². The van der Waals surface area contributed by atoms with Gasteiger partial charge in [0, 0.05) is 29.0 Å². The van der Waals surface area contributed by atoms with E-state index in [1.807, 2.05) is 31.2 Å². The second kappa shape index (κ2) is 7.90. The predicted molar refractivity (Wildman–Crippen MR) is 75.5 cm³/mol. The lowest BCUT2D eigenvalue weighted by molar-refractivity contribution is -0.120. The molecular weight excluding hydrogens is 300 g/mol. The van der Waals surface area contributed by atoms with Crippen molar-refractivity contribution in [3.63, 3.8) is 0 Å². The van der Waals surface area contributed by atoms with Gasteiger partial charge in [-0.2, -0.15) is 0 Å². The van der Waals surface area contributed by atoms with Crippen molar-refractivity contribution in [1.82, 2.24) is 0 Å². The van der Waals surface area contributed by atoms with E-state index in [-0.39, 0.29) is 11.7 Å². The summed E-state index contributed by atoms with van der Waals surface area (Å²) >= 11 is 5.00. The fraction of sp³-hybridized carbons (Fsp3) is 0.462. The summed E-state index contributed by atoms with van der Waals surface area (Å²) in [5.74, 6) is 0.892. The van der Waals surface area contributed by atoms with Gasteiger partial charge in [0.25, 0.3) is 0 Å². The molecular formula is C13H17BrO2S. The molecule has 0 aromatic heterocycles. The SMILES string of the molecule is COCCC(C)C(=O)CSc1cccc(Br)c1. The summed E-state index contributed by atoms with van der Waals surface area (Å²) in [5, 5.41) is 0. The Kier molecular flexibility index (Phi) is 6.85. The summed E-state index contributed by atoms with van der Waals surface area (Å²) < 4.78 is 6.02. The number of thioether (sulfide) groups is 1. The second-order valence-corrected chi connectivity index (χ2v) is 5.86. The molecule has 0 saturated carbocycles. The molecule has 0 heterocycles. The lowest BCUT2D eigenvalue weighted by Gasteiger charge is -2.09. The van der Waals surface area contributed by atoms with Crippen molar-refractivity contribution in [2.75, 3.05) is 19.5 Å². The van der Waals surface area contributed by atoms with Crippen molar-refractivity contribution < 1.29 is 9.53 Å². The Hall–Kier alpha value is -0.320. The van der Waals surface area contributed by atoms with Gasteiger partial charge in [-0.05, 0) is 24.6 Å². The van der Waals surface area contributed by atoms with Crippen LogP contribution in [0.4, 0.5) is 0 Å². The number of carbonyl (C=O) groups is 1. The van der Waals surface area contributed by atoms with Gasteiger partial charge in [0.15, 0.2) is 0 Å². The molecule has 0 aliphatic heterocycles. The molecule has 4 heteroatoms. The monoisotopic (exact) mass is 316 g/mol. The van der Waals surface area contributed by atoms with Gasteiger partial charge in [-0.25, -0.2) is 0 Å². The summed E-state index contributed by atoms with van der Waals surface area (Å²) in [7, 11) is 1.66. The first-order chi connectivity index (χ1) is 8.13. The van der Waals surface area contributed by atoms with Crippen molar-refractivity contribution in [2.24, 2.45) is 5.92 Å². The van der Waals surface area contributed by atoms with E-state index in [9.17, 15) is 4.79 Å². The molecule has 0 radical (unpaired) electrons. The maximum absolute atomic E-state index is 11.8. The molecule has 1 unspecified atom stereocenters.